The number of rotatable bonds is 2. The Morgan fingerprint density at radius 3 is 2.76 bits per heavy atom. The number of aromatic nitrogens is 2. The van der Waals surface area contributed by atoms with E-state index in [1.54, 1.807) is 0 Å². The van der Waals surface area contributed by atoms with E-state index in [2.05, 4.69) is 41.6 Å². The summed E-state index contributed by atoms with van der Waals surface area (Å²) in [5.41, 5.74) is 2.47. The van der Waals surface area contributed by atoms with Crippen molar-refractivity contribution >= 4 is 0 Å². The van der Waals surface area contributed by atoms with Crippen molar-refractivity contribution in [3.63, 3.8) is 0 Å². The van der Waals surface area contributed by atoms with Crippen molar-refractivity contribution in [2.75, 3.05) is 0 Å². The van der Waals surface area contributed by atoms with Gasteiger partial charge in [-0.05, 0) is 32.0 Å². The van der Waals surface area contributed by atoms with Crippen molar-refractivity contribution in [3.8, 4) is 23.2 Å². The average Bonchev–Trinajstić information content (AvgIpc) is 3.10. The average molecular weight is 329 g/mol. The maximum Gasteiger partial charge on any atom is 0.140 e. The van der Waals surface area contributed by atoms with Gasteiger partial charge in [-0.2, -0.15) is 5.26 Å². The third-order valence-corrected chi connectivity index (χ3v) is 4.61. The van der Waals surface area contributed by atoms with Crippen LogP contribution in [0.1, 0.15) is 37.4 Å². The molecule has 0 N–H and O–H groups in total. The van der Waals surface area contributed by atoms with Gasteiger partial charge in [0, 0.05) is 29.9 Å². The van der Waals surface area contributed by atoms with E-state index in [-0.39, 0.29) is 11.6 Å². The van der Waals surface area contributed by atoms with Gasteiger partial charge >= 0.3 is 0 Å². The zero-order valence-electron chi connectivity index (χ0n) is 14.3. The zero-order valence-corrected chi connectivity index (χ0v) is 14.3. The molecule has 2 heterocycles. The van der Waals surface area contributed by atoms with Crippen LogP contribution in [0.5, 0.6) is 5.75 Å². The van der Waals surface area contributed by atoms with Crippen molar-refractivity contribution < 1.29 is 4.74 Å². The van der Waals surface area contributed by atoms with Gasteiger partial charge in [0.1, 0.15) is 17.2 Å². The summed E-state index contributed by atoms with van der Waals surface area (Å²) >= 11 is 0. The summed E-state index contributed by atoms with van der Waals surface area (Å²) in [5.74, 6) is 1.77. The minimum Gasteiger partial charge on any atom is -0.487 e. The molecule has 25 heavy (non-hydrogen) atoms. The molecule has 0 spiro atoms. The number of hydrogen-bond acceptors (Lipinski definition) is 3. The molecule has 0 aliphatic carbocycles. The van der Waals surface area contributed by atoms with Gasteiger partial charge in [-0.15, -0.1) is 0 Å². The van der Waals surface area contributed by atoms with E-state index < -0.39 is 0 Å². The first-order chi connectivity index (χ1) is 12.1. The van der Waals surface area contributed by atoms with E-state index in [0.29, 0.717) is 5.56 Å². The Morgan fingerprint density at radius 1 is 1.20 bits per heavy atom. The van der Waals surface area contributed by atoms with Crippen LogP contribution in [0, 0.1) is 11.3 Å². The van der Waals surface area contributed by atoms with E-state index in [0.717, 1.165) is 29.1 Å². The van der Waals surface area contributed by atoms with Gasteiger partial charge in [0.15, 0.2) is 0 Å². The van der Waals surface area contributed by atoms with Gasteiger partial charge in [-0.1, -0.05) is 30.3 Å². The van der Waals surface area contributed by atoms with E-state index in [9.17, 15) is 5.26 Å². The first kappa shape index (κ1) is 15.5. The highest BCUT2D eigenvalue weighted by Gasteiger charge is 2.35. The molecular formula is C21H19N3O. The maximum absolute atomic E-state index is 9.28. The van der Waals surface area contributed by atoms with E-state index >= 15 is 0 Å². The third-order valence-electron chi connectivity index (χ3n) is 4.61. The predicted octanol–water partition coefficient (Wildman–Crippen LogP) is 4.57. The molecule has 1 atom stereocenters. The fourth-order valence-corrected chi connectivity index (χ4v) is 3.51. The first-order valence-electron chi connectivity index (χ1n) is 8.39. The van der Waals surface area contributed by atoms with Crippen LogP contribution in [0.15, 0.2) is 60.9 Å². The minimum absolute atomic E-state index is 0.0738. The van der Waals surface area contributed by atoms with Crippen molar-refractivity contribution in [2.45, 2.75) is 31.9 Å². The molecule has 4 heteroatoms. The van der Waals surface area contributed by atoms with Crippen LogP contribution >= 0.6 is 0 Å². The molecule has 0 saturated carbocycles. The molecule has 2 aromatic carbocycles. The summed E-state index contributed by atoms with van der Waals surface area (Å²) in [7, 11) is 0. The second-order valence-corrected chi connectivity index (χ2v) is 6.97. The Labute approximate surface area is 147 Å². The lowest BCUT2D eigenvalue weighted by Gasteiger charge is -2.38. The van der Waals surface area contributed by atoms with Crippen LogP contribution in [0.4, 0.5) is 0 Å². The smallest absolute Gasteiger partial charge is 0.140 e. The predicted molar refractivity (Wildman–Crippen MR) is 96.3 cm³/mol. The van der Waals surface area contributed by atoms with Crippen LogP contribution in [0.25, 0.3) is 11.4 Å². The molecule has 0 unspecified atom stereocenters. The number of nitriles is 1. The van der Waals surface area contributed by atoms with Crippen LogP contribution in [0.3, 0.4) is 0 Å². The van der Waals surface area contributed by atoms with E-state index in [1.807, 2.05) is 48.8 Å². The summed E-state index contributed by atoms with van der Waals surface area (Å²) in [6.07, 6.45) is 4.65. The lowest BCUT2D eigenvalue weighted by molar-refractivity contribution is 0.0673. The number of hydrogen-bond donors (Lipinski definition) is 0. The molecule has 4 rings (SSSR count). The van der Waals surface area contributed by atoms with Gasteiger partial charge in [-0.3, -0.25) is 0 Å². The van der Waals surface area contributed by atoms with Gasteiger partial charge in [0.25, 0.3) is 0 Å². The number of imidazole rings is 1. The Hall–Kier alpha value is -3.06. The lowest BCUT2D eigenvalue weighted by Crippen LogP contribution is -2.37. The topological polar surface area (TPSA) is 50.8 Å². The highest BCUT2D eigenvalue weighted by molar-refractivity contribution is 5.56. The molecule has 1 aliphatic rings. The molecule has 0 bridgehead atoms. The molecule has 124 valence electrons. The fraction of sp³-hybridized carbons (Fsp3) is 0.238. The zero-order chi connectivity index (χ0) is 17.4. The summed E-state index contributed by atoms with van der Waals surface area (Å²) in [4.78, 5) is 4.58. The van der Waals surface area contributed by atoms with Crippen LogP contribution in [0.2, 0.25) is 0 Å². The normalized spacial score (nSPS) is 18.0. The van der Waals surface area contributed by atoms with Gasteiger partial charge in [-0.25, -0.2) is 4.98 Å². The van der Waals surface area contributed by atoms with Crippen molar-refractivity contribution in [1.82, 2.24) is 9.55 Å². The number of fused-ring (bicyclic) bond motifs is 1. The Balaban J connectivity index is 1.87. The van der Waals surface area contributed by atoms with Crippen molar-refractivity contribution in [3.05, 3.63) is 72.1 Å². The van der Waals surface area contributed by atoms with Gasteiger partial charge in [0.05, 0.1) is 17.7 Å². The summed E-state index contributed by atoms with van der Waals surface area (Å²) in [5, 5.41) is 9.28. The molecule has 1 aliphatic heterocycles. The second kappa shape index (κ2) is 5.78. The van der Waals surface area contributed by atoms with E-state index in [1.165, 1.54) is 0 Å². The molecule has 0 radical (unpaired) electrons. The molecule has 0 amide bonds. The highest BCUT2D eigenvalue weighted by Crippen LogP contribution is 2.43. The molecule has 0 saturated heterocycles. The Kier molecular flexibility index (Phi) is 3.58. The molecule has 3 aromatic rings. The van der Waals surface area contributed by atoms with Gasteiger partial charge in [0.2, 0.25) is 0 Å². The monoisotopic (exact) mass is 329 g/mol. The summed E-state index contributed by atoms with van der Waals surface area (Å²) in [6.45, 7) is 4.19. The second-order valence-electron chi connectivity index (χ2n) is 6.97. The largest absolute Gasteiger partial charge is 0.487 e. The van der Waals surface area contributed by atoms with Gasteiger partial charge < -0.3 is 9.30 Å². The SMILES string of the molecule is CC1(C)C[C@H](n2ccnc2-c2ccccc2)c2cc(C#N)ccc2O1. The summed E-state index contributed by atoms with van der Waals surface area (Å²) in [6, 6.07) is 18.1. The number of benzene rings is 2. The summed E-state index contributed by atoms with van der Waals surface area (Å²) < 4.78 is 8.34. The highest BCUT2D eigenvalue weighted by atomic mass is 16.5. The Morgan fingerprint density at radius 2 is 2.00 bits per heavy atom. The van der Waals surface area contributed by atoms with Crippen LogP contribution in [-0.4, -0.2) is 15.2 Å². The minimum atomic E-state index is -0.288. The lowest BCUT2D eigenvalue weighted by atomic mass is 9.88. The van der Waals surface area contributed by atoms with Crippen LogP contribution < -0.4 is 4.74 Å². The molecule has 0 fully saturated rings. The number of ether oxygens (including phenoxy) is 1. The third kappa shape index (κ3) is 2.78. The Bertz CT molecular complexity index is 951. The van der Waals surface area contributed by atoms with Crippen LogP contribution in [-0.2, 0) is 0 Å². The standard InChI is InChI=1S/C21H19N3O/c1-21(2)13-18(17-12-15(14-22)8-9-19(17)25-21)24-11-10-23-20(24)16-6-4-3-5-7-16/h3-12,18H,13H2,1-2H3/t18-/m0/s1. The first-order valence-corrected chi connectivity index (χ1v) is 8.39. The molecule has 1 aromatic heterocycles. The molecule has 4 nitrogen and oxygen atoms in total. The quantitative estimate of drug-likeness (QED) is 0.692. The maximum atomic E-state index is 9.28. The van der Waals surface area contributed by atoms with Crippen molar-refractivity contribution in [1.29, 1.82) is 5.26 Å². The number of nitrogens with zero attached hydrogens (tertiary/aromatic N) is 3. The van der Waals surface area contributed by atoms with Crippen molar-refractivity contribution in [2.24, 2.45) is 0 Å². The van der Waals surface area contributed by atoms with E-state index in [4.69, 9.17) is 4.74 Å². The molecular weight excluding hydrogens is 310 g/mol. The fourth-order valence-electron chi connectivity index (χ4n) is 3.51.